The predicted octanol–water partition coefficient (Wildman–Crippen LogP) is 4.10. The minimum atomic E-state index is -0.694. The molecule has 3 aromatic carbocycles. The van der Waals surface area contributed by atoms with Crippen molar-refractivity contribution in [3.05, 3.63) is 86.5 Å². The van der Waals surface area contributed by atoms with Gasteiger partial charge in [0.1, 0.15) is 5.69 Å². The maximum Gasteiger partial charge on any atom is 0.301 e. The zero-order chi connectivity index (χ0) is 17.8. The molecule has 0 aliphatic rings. The summed E-state index contributed by atoms with van der Waals surface area (Å²) >= 11 is 0. The SMILES string of the molecule is O=[N+]([O-])c1ccc(N/N=C/c2ccc3ccccc3c2)c([N+](=O)[O-])c1. The fourth-order valence-corrected chi connectivity index (χ4v) is 2.34. The van der Waals surface area contributed by atoms with E-state index < -0.39 is 15.5 Å². The van der Waals surface area contributed by atoms with Gasteiger partial charge >= 0.3 is 5.69 Å². The Morgan fingerprint density at radius 2 is 1.64 bits per heavy atom. The van der Waals surface area contributed by atoms with Gasteiger partial charge in [0.2, 0.25) is 0 Å². The van der Waals surface area contributed by atoms with Crippen LogP contribution in [0.15, 0.2) is 65.8 Å². The summed E-state index contributed by atoms with van der Waals surface area (Å²) in [6, 6.07) is 16.9. The number of anilines is 1. The third-order valence-electron chi connectivity index (χ3n) is 3.56. The van der Waals surface area contributed by atoms with E-state index in [0.717, 1.165) is 22.4 Å². The lowest BCUT2D eigenvalue weighted by Crippen LogP contribution is -1.98. The Balaban J connectivity index is 1.83. The lowest BCUT2D eigenvalue weighted by atomic mass is 10.1. The molecule has 0 bridgehead atoms. The monoisotopic (exact) mass is 336 g/mol. The largest absolute Gasteiger partial charge is 0.301 e. The van der Waals surface area contributed by atoms with E-state index in [1.54, 1.807) is 0 Å². The summed E-state index contributed by atoms with van der Waals surface area (Å²) in [7, 11) is 0. The Labute approximate surface area is 141 Å². The van der Waals surface area contributed by atoms with Crippen molar-refractivity contribution < 1.29 is 9.85 Å². The van der Waals surface area contributed by atoms with Gasteiger partial charge < -0.3 is 0 Å². The molecule has 0 amide bonds. The van der Waals surface area contributed by atoms with Crippen LogP contribution >= 0.6 is 0 Å². The van der Waals surface area contributed by atoms with Gasteiger partial charge in [0.05, 0.1) is 22.1 Å². The van der Waals surface area contributed by atoms with E-state index in [2.05, 4.69) is 10.5 Å². The Hall–Kier alpha value is -3.81. The van der Waals surface area contributed by atoms with Crippen molar-refractivity contribution >= 4 is 34.0 Å². The molecular formula is C17H12N4O4. The summed E-state index contributed by atoms with van der Waals surface area (Å²) in [5.41, 5.74) is 2.69. The van der Waals surface area contributed by atoms with Gasteiger partial charge in [-0.05, 0) is 28.5 Å². The van der Waals surface area contributed by atoms with Crippen LogP contribution in [-0.2, 0) is 0 Å². The minimum absolute atomic E-state index is 0.0765. The van der Waals surface area contributed by atoms with E-state index >= 15 is 0 Å². The van der Waals surface area contributed by atoms with E-state index in [-0.39, 0.29) is 11.4 Å². The third kappa shape index (κ3) is 3.58. The van der Waals surface area contributed by atoms with Crippen LogP contribution in [-0.4, -0.2) is 16.1 Å². The first-order valence-corrected chi connectivity index (χ1v) is 7.25. The summed E-state index contributed by atoms with van der Waals surface area (Å²) in [6.45, 7) is 0. The molecule has 0 saturated heterocycles. The van der Waals surface area contributed by atoms with Gasteiger partial charge in [0.15, 0.2) is 0 Å². The molecule has 0 atom stereocenters. The molecule has 3 rings (SSSR count). The first kappa shape index (κ1) is 16.1. The molecule has 0 aliphatic heterocycles. The lowest BCUT2D eigenvalue weighted by Gasteiger charge is -2.02. The second-order valence-corrected chi connectivity index (χ2v) is 5.19. The highest BCUT2D eigenvalue weighted by atomic mass is 16.6. The molecule has 0 aliphatic carbocycles. The Morgan fingerprint density at radius 3 is 2.36 bits per heavy atom. The number of rotatable bonds is 5. The van der Waals surface area contributed by atoms with Gasteiger partial charge in [-0.2, -0.15) is 5.10 Å². The number of hydrazone groups is 1. The molecule has 124 valence electrons. The van der Waals surface area contributed by atoms with E-state index in [9.17, 15) is 20.2 Å². The molecule has 8 nitrogen and oxygen atoms in total. The fourth-order valence-electron chi connectivity index (χ4n) is 2.34. The van der Waals surface area contributed by atoms with Gasteiger partial charge in [-0.25, -0.2) is 0 Å². The maximum absolute atomic E-state index is 11.1. The van der Waals surface area contributed by atoms with Crippen molar-refractivity contribution in [3.8, 4) is 0 Å². The molecule has 0 spiro atoms. The number of fused-ring (bicyclic) bond motifs is 1. The summed E-state index contributed by atoms with van der Waals surface area (Å²) in [4.78, 5) is 20.4. The molecule has 1 N–H and O–H groups in total. The van der Waals surface area contributed by atoms with Crippen LogP contribution in [0, 0.1) is 20.2 Å². The highest BCUT2D eigenvalue weighted by molar-refractivity contribution is 5.90. The smallest absolute Gasteiger partial charge is 0.272 e. The van der Waals surface area contributed by atoms with Gasteiger partial charge in [-0.1, -0.05) is 36.4 Å². The molecule has 0 unspecified atom stereocenters. The number of benzene rings is 3. The molecule has 0 radical (unpaired) electrons. The van der Waals surface area contributed by atoms with Crippen molar-refractivity contribution in [2.45, 2.75) is 0 Å². The van der Waals surface area contributed by atoms with Crippen LogP contribution in [0.5, 0.6) is 0 Å². The van der Waals surface area contributed by atoms with E-state index in [0.29, 0.717) is 0 Å². The van der Waals surface area contributed by atoms with Crippen molar-refractivity contribution in [3.63, 3.8) is 0 Å². The topological polar surface area (TPSA) is 111 Å². The van der Waals surface area contributed by atoms with Crippen molar-refractivity contribution in [1.82, 2.24) is 0 Å². The van der Waals surface area contributed by atoms with Gasteiger partial charge in [0, 0.05) is 6.07 Å². The maximum atomic E-state index is 11.1. The first-order valence-electron chi connectivity index (χ1n) is 7.25. The number of nitro benzene ring substituents is 2. The van der Waals surface area contributed by atoms with Crippen molar-refractivity contribution in [1.29, 1.82) is 0 Å². The van der Waals surface area contributed by atoms with Crippen LogP contribution in [0.2, 0.25) is 0 Å². The highest BCUT2D eigenvalue weighted by Gasteiger charge is 2.18. The van der Waals surface area contributed by atoms with Crippen molar-refractivity contribution in [2.75, 3.05) is 5.43 Å². The molecule has 0 fully saturated rings. The molecule has 0 aromatic heterocycles. The molecule has 8 heteroatoms. The van der Waals surface area contributed by atoms with Crippen LogP contribution < -0.4 is 5.43 Å². The van der Waals surface area contributed by atoms with Gasteiger partial charge in [-0.3, -0.25) is 25.7 Å². The van der Waals surface area contributed by atoms with Crippen LogP contribution in [0.25, 0.3) is 10.8 Å². The number of nitrogens with zero attached hydrogens (tertiary/aromatic N) is 3. The van der Waals surface area contributed by atoms with E-state index in [1.165, 1.54) is 18.3 Å². The number of hydrogen-bond donors (Lipinski definition) is 1. The molecule has 0 saturated carbocycles. The zero-order valence-electron chi connectivity index (χ0n) is 12.8. The summed E-state index contributed by atoms with van der Waals surface area (Å²) in [6.07, 6.45) is 1.53. The van der Waals surface area contributed by atoms with E-state index in [4.69, 9.17) is 0 Å². The summed E-state index contributed by atoms with van der Waals surface area (Å²) in [5, 5.41) is 27.9. The fraction of sp³-hybridized carbons (Fsp3) is 0. The third-order valence-corrected chi connectivity index (χ3v) is 3.56. The predicted molar refractivity (Wildman–Crippen MR) is 94.9 cm³/mol. The quantitative estimate of drug-likeness (QED) is 0.428. The number of nitro groups is 2. The van der Waals surface area contributed by atoms with E-state index in [1.807, 2.05) is 42.5 Å². The molecule has 25 heavy (non-hydrogen) atoms. The van der Waals surface area contributed by atoms with Crippen LogP contribution in [0.1, 0.15) is 5.56 Å². The average molecular weight is 336 g/mol. The van der Waals surface area contributed by atoms with Gasteiger partial charge in [-0.15, -0.1) is 0 Å². The Morgan fingerprint density at radius 1 is 0.880 bits per heavy atom. The Bertz CT molecular complexity index is 1000. The summed E-state index contributed by atoms with van der Waals surface area (Å²) < 4.78 is 0. The first-order chi connectivity index (χ1) is 12.0. The average Bonchev–Trinajstić information content (AvgIpc) is 2.61. The second-order valence-electron chi connectivity index (χ2n) is 5.19. The summed E-state index contributed by atoms with van der Waals surface area (Å²) in [5.74, 6) is 0. The Kier molecular flexibility index (Phi) is 4.34. The highest BCUT2D eigenvalue weighted by Crippen LogP contribution is 2.28. The van der Waals surface area contributed by atoms with Crippen molar-refractivity contribution in [2.24, 2.45) is 5.10 Å². The number of non-ortho nitro benzene ring substituents is 1. The minimum Gasteiger partial charge on any atom is -0.272 e. The molecule has 0 heterocycles. The zero-order valence-corrected chi connectivity index (χ0v) is 12.8. The number of nitrogens with one attached hydrogen (secondary N) is 1. The lowest BCUT2D eigenvalue weighted by molar-refractivity contribution is -0.393. The standard InChI is InChI=1S/C17H12N4O4/c22-20(23)15-7-8-16(17(10-15)21(24)25)19-18-11-12-5-6-13-3-1-2-4-14(13)9-12/h1-11,19H/b18-11+. The van der Waals surface area contributed by atoms with Gasteiger partial charge in [0.25, 0.3) is 5.69 Å². The number of hydrogen-bond acceptors (Lipinski definition) is 6. The molecular weight excluding hydrogens is 324 g/mol. The normalized spacial score (nSPS) is 10.9. The second kappa shape index (κ2) is 6.75. The van der Waals surface area contributed by atoms with Crippen LogP contribution in [0.4, 0.5) is 17.1 Å². The van der Waals surface area contributed by atoms with Crippen LogP contribution in [0.3, 0.4) is 0 Å². The molecule has 3 aromatic rings.